The number of hydrogen-bond donors (Lipinski definition) is 0. The number of aromatic nitrogens is 2. The van der Waals surface area contributed by atoms with E-state index < -0.39 is 0 Å². The molecule has 0 fully saturated rings. The van der Waals surface area contributed by atoms with Crippen LogP contribution in [0.4, 0.5) is 0 Å². The number of benzene rings is 3. The smallest absolute Gasteiger partial charge is 0.148 e. The second-order valence-electron chi connectivity index (χ2n) is 6.16. The van der Waals surface area contributed by atoms with Crippen LogP contribution < -0.4 is 4.74 Å². The monoisotopic (exact) mass is 346 g/mol. The van der Waals surface area contributed by atoms with Crippen molar-refractivity contribution >= 4 is 21.8 Å². The lowest BCUT2D eigenvalue weighted by Crippen LogP contribution is -2.11. The van der Waals surface area contributed by atoms with Crippen LogP contribution in [-0.2, 0) is 17.9 Å². The fraction of sp³-hybridized carbons (Fsp3) is 0.227. The molecule has 132 valence electrons. The Morgan fingerprint density at radius 2 is 1.73 bits per heavy atom. The molecule has 0 unspecified atom stereocenters. The highest BCUT2D eigenvalue weighted by Gasteiger charge is 2.11. The first-order chi connectivity index (χ1) is 12.8. The molecule has 1 heterocycles. The van der Waals surface area contributed by atoms with Gasteiger partial charge in [0.1, 0.15) is 18.2 Å². The second-order valence-corrected chi connectivity index (χ2v) is 6.16. The Balaban J connectivity index is 1.58. The van der Waals surface area contributed by atoms with Gasteiger partial charge in [-0.15, -0.1) is 0 Å². The molecule has 4 nitrogen and oxygen atoms in total. The molecule has 0 aliphatic rings. The first kappa shape index (κ1) is 16.6. The number of para-hydroxylation sites is 2. The predicted octanol–water partition coefficient (Wildman–Crippen LogP) is 4.81. The van der Waals surface area contributed by atoms with Crippen molar-refractivity contribution in [1.82, 2.24) is 9.55 Å². The Kier molecular flexibility index (Phi) is 4.84. The summed E-state index contributed by atoms with van der Waals surface area (Å²) >= 11 is 0. The van der Waals surface area contributed by atoms with E-state index in [1.807, 2.05) is 43.3 Å². The van der Waals surface area contributed by atoms with Crippen LogP contribution in [0.5, 0.6) is 5.75 Å². The molecule has 0 aliphatic carbocycles. The van der Waals surface area contributed by atoms with Crippen molar-refractivity contribution < 1.29 is 9.47 Å². The average Bonchev–Trinajstić information content (AvgIpc) is 3.04. The average molecular weight is 346 g/mol. The van der Waals surface area contributed by atoms with Gasteiger partial charge in [0.25, 0.3) is 0 Å². The Morgan fingerprint density at radius 1 is 0.923 bits per heavy atom. The topological polar surface area (TPSA) is 36.3 Å². The minimum Gasteiger partial charge on any atom is -0.486 e. The van der Waals surface area contributed by atoms with E-state index in [1.165, 1.54) is 10.8 Å². The fourth-order valence-electron chi connectivity index (χ4n) is 3.19. The molecule has 0 atom stereocenters. The van der Waals surface area contributed by atoms with Crippen molar-refractivity contribution in [2.45, 2.75) is 20.1 Å². The Bertz CT molecular complexity index is 1020. The van der Waals surface area contributed by atoms with E-state index in [0.717, 1.165) is 35.8 Å². The van der Waals surface area contributed by atoms with E-state index in [2.05, 4.69) is 34.9 Å². The van der Waals surface area contributed by atoms with E-state index >= 15 is 0 Å². The Hall–Kier alpha value is -2.85. The summed E-state index contributed by atoms with van der Waals surface area (Å²) in [6.07, 6.45) is 0. The van der Waals surface area contributed by atoms with Gasteiger partial charge in [-0.3, -0.25) is 0 Å². The predicted molar refractivity (Wildman–Crippen MR) is 105 cm³/mol. The number of imidazole rings is 1. The molecule has 0 radical (unpaired) electrons. The third kappa shape index (κ3) is 3.41. The number of fused-ring (bicyclic) bond motifs is 2. The quantitative estimate of drug-likeness (QED) is 0.451. The van der Waals surface area contributed by atoms with Crippen LogP contribution in [0.3, 0.4) is 0 Å². The highest BCUT2D eigenvalue weighted by molar-refractivity contribution is 5.83. The molecule has 0 spiro atoms. The lowest BCUT2D eigenvalue weighted by Gasteiger charge is -2.11. The summed E-state index contributed by atoms with van der Waals surface area (Å²) in [6, 6.07) is 22.6. The van der Waals surface area contributed by atoms with E-state index in [-0.39, 0.29) is 0 Å². The van der Waals surface area contributed by atoms with Crippen LogP contribution >= 0.6 is 0 Å². The van der Waals surface area contributed by atoms with Crippen molar-refractivity contribution in [1.29, 1.82) is 0 Å². The minimum absolute atomic E-state index is 0.430. The second kappa shape index (κ2) is 7.58. The van der Waals surface area contributed by atoms with Gasteiger partial charge in [0, 0.05) is 13.2 Å². The zero-order valence-corrected chi connectivity index (χ0v) is 14.9. The third-order valence-electron chi connectivity index (χ3n) is 4.49. The minimum atomic E-state index is 0.430. The normalized spacial score (nSPS) is 11.3. The summed E-state index contributed by atoms with van der Waals surface area (Å²) in [5.74, 6) is 1.77. The van der Waals surface area contributed by atoms with Crippen LogP contribution in [0.15, 0.2) is 66.7 Å². The highest BCUT2D eigenvalue weighted by Crippen LogP contribution is 2.22. The summed E-state index contributed by atoms with van der Waals surface area (Å²) in [5, 5.41) is 2.39. The summed E-state index contributed by atoms with van der Waals surface area (Å²) in [6.45, 7) is 4.59. The van der Waals surface area contributed by atoms with Gasteiger partial charge >= 0.3 is 0 Å². The summed E-state index contributed by atoms with van der Waals surface area (Å²) in [5.41, 5.74) is 2.10. The van der Waals surface area contributed by atoms with Crippen LogP contribution in [0.25, 0.3) is 21.8 Å². The number of rotatable bonds is 7. The fourth-order valence-corrected chi connectivity index (χ4v) is 3.19. The molecule has 0 aliphatic heterocycles. The van der Waals surface area contributed by atoms with E-state index in [0.29, 0.717) is 13.2 Å². The lowest BCUT2D eigenvalue weighted by molar-refractivity contribution is 0.138. The lowest BCUT2D eigenvalue weighted by atomic mass is 10.1. The van der Waals surface area contributed by atoms with E-state index in [4.69, 9.17) is 14.5 Å². The molecular formula is C22H22N2O2. The van der Waals surface area contributed by atoms with Crippen molar-refractivity contribution in [3.8, 4) is 5.75 Å². The first-order valence-electron chi connectivity index (χ1n) is 8.98. The van der Waals surface area contributed by atoms with Gasteiger partial charge in [0.05, 0.1) is 17.6 Å². The largest absolute Gasteiger partial charge is 0.486 e. The van der Waals surface area contributed by atoms with Gasteiger partial charge in [-0.05, 0) is 42.0 Å². The molecule has 26 heavy (non-hydrogen) atoms. The molecule has 4 heteroatoms. The van der Waals surface area contributed by atoms with Gasteiger partial charge in [-0.25, -0.2) is 4.98 Å². The number of ether oxygens (including phenoxy) is 2. The molecular weight excluding hydrogens is 324 g/mol. The standard InChI is InChI=1S/C22H22N2O2/c1-2-25-14-13-24-21-10-6-5-9-20(21)23-22(24)16-26-19-12-11-17-7-3-4-8-18(17)15-19/h3-12,15H,2,13-14,16H2,1H3. The highest BCUT2D eigenvalue weighted by atomic mass is 16.5. The number of nitrogens with zero attached hydrogens (tertiary/aromatic N) is 2. The van der Waals surface area contributed by atoms with Crippen molar-refractivity contribution in [3.63, 3.8) is 0 Å². The van der Waals surface area contributed by atoms with E-state index in [9.17, 15) is 0 Å². The van der Waals surface area contributed by atoms with Gasteiger partial charge in [0.2, 0.25) is 0 Å². The zero-order valence-electron chi connectivity index (χ0n) is 14.9. The number of hydrogen-bond acceptors (Lipinski definition) is 3. The summed E-state index contributed by atoms with van der Waals surface area (Å²) < 4.78 is 13.8. The maximum atomic E-state index is 6.05. The summed E-state index contributed by atoms with van der Waals surface area (Å²) in [7, 11) is 0. The first-order valence-corrected chi connectivity index (χ1v) is 8.98. The molecule has 4 rings (SSSR count). The van der Waals surface area contributed by atoms with E-state index in [1.54, 1.807) is 0 Å². The zero-order chi connectivity index (χ0) is 17.8. The molecule has 0 saturated carbocycles. The molecule has 1 aromatic heterocycles. The van der Waals surface area contributed by atoms with Gasteiger partial charge in [-0.1, -0.05) is 42.5 Å². The summed E-state index contributed by atoms with van der Waals surface area (Å²) in [4.78, 5) is 4.75. The maximum absolute atomic E-state index is 6.05. The molecule has 0 bridgehead atoms. The van der Waals surface area contributed by atoms with Crippen molar-refractivity contribution in [2.24, 2.45) is 0 Å². The molecule has 4 aromatic rings. The van der Waals surface area contributed by atoms with Crippen LogP contribution in [0.2, 0.25) is 0 Å². The molecule has 0 saturated heterocycles. The SMILES string of the molecule is CCOCCn1c(COc2ccc3ccccc3c2)nc2ccccc21. The van der Waals surface area contributed by atoms with Gasteiger partial charge < -0.3 is 14.0 Å². The maximum Gasteiger partial charge on any atom is 0.148 e. The molecule has 3 aromatic carbocycles. The third-order valence-corrected chi connectivity index (χ3v) is 4.49. The van der Waals surface area contributed by atoms with Crippen molar-refractivity contribution in [2.75, 3.05) is 13.2 Å². The van der Waals surface area contributed by atoms with Crippen LogP contribution in [-0.4, -0.2) is 22.8 Å². The molecule has 0 N–H and O–H groups in total. The van der Waals surface area contributed by atoms with Crippen LogP contribution in [0.1, 0.15) is 12.7 Å². The van der Waals surface area contributed by atoms with Crippen molar-refractivity contribution in [3.05, 3.63) is 72.6 Å². The van der Waals surface area contributed by atoms with Gasteiger partial charge in [-0.2, -0.15) is 0 Å². The Labute approximate surface area is 153 Å². The molecule has 0 amide bonds. The van der Waals surface area contributed by atoms with Crippen LogP contribution in [0, 0.1) is 0 Å². The van der Waals surface area contributed by atoms with Gasteiger partial charge in [0.15, 0.2) is 0 Å². The Morgan fingerprint density at radius 3 is 2.62 bits per heavy atom.